The molecule has 0 radical (unpaired) electrons. The number of halogens is 1. The van der Waals surface area contributed by atoms with E-state index in [9.17, 15) is 4.79 Å². The lowest BCUT2D eigenvalue weighted by Crippen LogP contribution is -2.36. The maximum absolute atomic E-state index is 10.9. The molecule has 66 valence electrons. The van der Waals surface area contributed by atoms with Gasteiger partial charge < -0.3 is 10.4 Å². The van der Waals surface area contributed by atoms with Gasteiger partial charge in [-0.3, -0.25) is 4.79 Å². The molecule has 0 saturated carbocycles. The lowest BCUT2D eigenvalue weighted by atomic mass is 10.2. The molecule has 0 bridgehead atoms. The highest BCUT2D eigenvalue weighted by Gasteiger charge is 2.07. The van der Waals surface area contributed by atoms with Crippen LogP contribution in [0.3, 0.4) is 0 Å². The van der Waals surface area contributed by atoms with Gasteiger partial charge in [0.15, 0.2) is 0 Å². The molecule has 0 saturated heterocycles. The number of rotatable bonds is 5. The maximum atomic E-state index is 10.9. The molecule has 1 amide bonds. The van der Waals surface area contributed by atoms with E-state index in [0.29, 0.717) is 11.8 Å². The fourth-order valence-electron chi connectivity index (χ4n) is 0.662. The Balaban J connectivity index is 3.54. The quantitative estimate of drug-likeness (QED) is 0.674. The largest absolute Gasteiger partial charge is 0.394 e. The standard InChI is InChI=1S/C7H14BrNO2/c1-2-6(5-10)9-7(11)3-4-8/h6,10H,2-5H2,1H3,(H,9,11). The second-order valence-electron chi connectivity index (χ2n) is 2.29. The number of nitrogens with one attached hydrogen (secondary N) is 1. The minimum atomic E-state index is -0.0819. The first kappa shape index (κ1) is 10.9. The van der Waals surface area contributed by atoms with Crippen LogP contribution in [0.1, 0.15) is 19.8 Å². The molecule has 0 aromatic rings. The number of hydrogen-bond acceptors (Lipinski definition) is 2. The molecule has 1 atom stereocenters. The number of aliphatic hydroxyl groups is 1. The molecule has 0 fully saturated rings. The van der Waals surface area contributed by atoms with Crippen LogP contribution in [0.5, 0.6) is 0 Å². The number of carbonyl (C=O) groups is 1. The number of carbonyl (C=O) groups excluding carboxylic acids is 1. The summed E-state index contributed by atoms with van der Waals surface area (Å²) in [7, 11) is 0. The predicted molar refractivity (Wildman–Crippen MR) is 47.7 cm³/mol. The van der Waals surface area contributed by atoms with Crippen molar-refractivity contribution in [2.75, 3.05) is 11.9 Å². The Morgan fingerprint density at radius 3 is 2.73 bits per heavy atom. The predicted octanol–water partition coefficient (Wildman–Crippen LogP) is 0.659. The zero-order valence-electron chi connectivity index (χ0n) is 6.64. The summed E-state index contributed by atoms with van der Waals surface area (Å²) in [6.07, 6.45) is 1.24. The highest BCUT2D eigenvalue weighted by molar-refractivity contribution is 9.09. The van der Waals surface area contributed by atoms with E-state index in [1.807, 2.05) is 6.92 Å². The highest BCUT2D eigenvalue weighted by atomic mass is 79.9. The van der Waals surface area contributed by atoms with Gasteiger partial charge >= 0.3 is 0 Å². The summed E-state index contributed by atoms with van der Waals surface area (Å²) in [5, 5.41) is 12.1. The normalized spacial score (nSPS) is 12.6. The molecule has 4 heteroatoms. The Kier molecular flexibility index (Phi) is 6.56. The minimum absolute atomic E-state index is 0.0113. The zero-order valence-corrected chi connectivity index (χ0v) is 8.23. The van der Waals surface area contributed by atoms with E-state index in [0.717, 1.165) is 6.42 Å². The van der Waals surface area contributed by atoms with Crippen LogP contribution in [0, 0.1) is 0 Å². The average Bonchev–Trinajstić information content (AvgIpc) is 2.01. The van der Waals surface area contributed by atoms with Crippen molar-refractivity contribution in [1.29, 1.82) is 0 Å². The number of hydrogen-bond donors (Lipinski definition) is 2. The molecule has 0 spiro atoms. The minimum Gasteiger partial charge on any atom is -0.394 e. The summed E-state index contributed by atoms with van der Waals surface area (Å²) in [6.45, 7) is 1.94. The lowest BCUT2D eigenvalue weighted by Gasteiger charge is -2.12. The molecular formula is C7H14BrNO2. The first-order valence-electron chi connectivity index (χ1n) is 3.70. The van der Waals surface area contributed by atoms with E-state index in [1.165, 1.54) is 0 Å². The van der Waals surface area contributed by atoms with Gasteiger partial charge in [-0.05, 0) is 6.42 Å². The lowest BCUT2D eigenvalue weighted by molar-refractivity contribution is -0.121. The molecule has 0 heterocycles. The van der Waals surface area contributed by atoms with E-state index in [-0.39, 0.29) is 18.6 Å². The first-order chi connectivity index (χ1) is 5.24. The second kappa shape index (κ2) is 6.61. The van der Waals surface area contributed by atoms with Gasteiger partial charge in [0.1, 0.15) is 0 Å². The fourth-order valence-corrected chi connectivity index (χ4v) is 1.02. The Morgan fingerprint density at radius 2 is 2.36 bits per heavy atom. The van der Waals surface area contributed by atoms with Crippen LogP contribution in [0.25, 0.3) is 0 Å². The van der Waals surface area contributed by atoms with Gasteiger partial charge in [-0.15, -0.1) is 0 Å². The molecule has 0 aromatic heterocycles. The van der Waals surface area contributed by atoms with Crippen LogP contribution in [0.4, 0.5) is 0 Å². The van der Waals surface area contributed by atoms with Gasteiger partial charge in [-0.1, -0.05) is 22.9 Å². The van der Waals surface area contributed by atoms with E-state index in [4.69, 9.17) is 5.11 Å². The van der Waals surface area contributed by atoms with E-state index >= 15 is 0 Å². The van der Waals surface area contributed by atoms with Crippen molar-refractivity contribution in [3.8, 4) is 0 Å². The van der Waals surface area contributed by atoms with E-state index in [2.05, 4.69) is 21.2 Å². The second-order valence-corrected chi connectivity index (χ2v) is 3.09. The summed E-state index contributed by atoms with van der Waals surface area (Å²) in [5.74, 6) is -0.0113. The van der Waals surface area contributed by atoms with Crippen molar-refractivity contribution < 1.29 is 9.90 Å². The van der Waals surface area contributed by atoms with Crippen LogP contribution in [0.15, 0.2) is 0 Å². The summed E-state index contributed by atoms with van der Waals surface area (Å²) < 4.78 is 0. The zero-order chi connectivity index (χ0) is 8.69. The number of alkyl halides is 1. The fraction of sp³-hybridized carbons (Fsp3) is 0.857. The van der Waals surface area contributed by atoms with Gasteiger partial charge in [0.2, 0.25) is 5.91 Å². The molecule has 2 N–H and O–H groups in total. The summed E-state index contributed by atoms with van der Waals surface area (Å²) in [6, 6.07) is -0.0819. The van der Waals surface area contributed by atoms with Crippen molar-refractivity contribution in [3.63, 3.8) is 0 Å². The van der Waals surface area contributed by atoms with Crippen LogP contribution in [0.2, 0.25) is 0 Å². The number of amides is 1. The third kappa shape index (κ3) is 5.21. The van der Waals surface area contributed by atoms with Gasteiger partial charge in [0.25, 0.3) is 0 Å². The Labute approximate surface area is 75.3 Å². The van der Waals surface area contributed by atoms with Crippen LogP contribution >= 0.6 is 15.9 Å². The number of aliphatic hydroxyl groups excluding tert-OH is 1. The molecule has 1 unspecified atom stereocenters. The summed E-state index contributed by atoms with van der Waals surface area (Å²) in [4.78, 5) is 10.9. The summed E-state index contributed by atoms with van der Waals surface area (Å²) >= 11 is 3.16. The topological polar surface area (TPSA) is 49.3 Å². The van der Waals surface area contributed by atoms with Crippen molar-refractivity contribution in [3.05, 3.63) is 0 Å². The molecule has 11 heavy (non-hydrogen) atoms. The molecule has 0 rings (SSSR count). The third-order valence-corrected chi connectivity index (χ3v) is 1.80. The van der Waals surface area contributed by atoms with E-state index < -0.39 is 0 Å². The Morgan fingerprint density at radius 1 is 1.73 bits per heavy atom. The SMILES string of the molecule is CCC(CO)NC(=O)CCBr. The van der Waals surface area contributed by atoms with Gasteiger partial charge in [-0.25, -0.2) is 0 Å². The van der Waals surface area contributed by atoms with Gasteiger partial charge in [0, 0.05) is 11.8 Å². The van der Waals surface area contributed by atoms with Crippen molar-refractivity contribution in [1.82, 2.24) is 5.32 Å². The average molecular weight is 224 g/mol. The molecule has 0 aliphatic heterocycles. The molecule has 0 aliphatic rings. The maximum Gasteiger partial charge on any atom is 0.221 e. The van der Waals surface area contributed by atoms with Crippen molar-refractivity contribution in [2.45, 2.75) is 25.8 Å². The Bertz CT molecular complexity index is 115. The first-order valence-corrected chi connectivity index (χ1v) is 4.82. The van der Waals surface area contributed by atoms with Crippen LogP contribution in [-0.2, 0) is 4.79 Å². The Hall–Kier alpha value is -0.0900. The smallest absolute Gasteiger partial charge is 0.221 e. The van der Waals surface area contributed by atoms with Crippen LogP contribution in [-0.4, -0.2) is 29.0 Å². The molecule has 0 aliphatic carbocycles. The van der Waals surface area contributed by atoms with Gasteiger partial charge in [-0.2, -0.15) is 0 Å². The van der Waals surface area contributed by atoms with Crippen LogP contribution < -0.4 is 5.32 Å². The summed E-state index contributed by atoms with van der Waals surface area (Å²) in [5.41, 5.74) is 0. The van der Waals surface area contributed by atoms with Crippen molar-refractivity contribution in [2.24, 2.45) is 0 Å². The van der Waals surface area contributed by atoms with Crippen molar-refractivity contribution >= 4 is 21.8 Å². The third-order valence-electron chi connectivity index (χ3n) is 1.40. The van der Waals surface area contributed by atoms with E-state index in [1.54, 1.807) is 0 Å². The van der Waals surface area contributed by atoms with Gasteiger partial charge in [0.05, 0.1) is 12.6 Å². The molecule has 3 nitrogen and oxygen atoms in total. The molecule has 0 aromatic carbocycles. The monoisotopic (exact) mass is 223 g/mol. The molecular weight excluding hydrogens is 210 g/mol. The highest BCUT2D eigenvalue weighted by Crippen LogP contribution is 1.92.